The van der Waals surface area contributed by atoms with Crippen LogP contribution >= 0.6 is 0 Å². The smallest absolute Gasteiger partial charge is 0.325 e. The van der Waals surface area contributed by atoms with Gasteiger partial charge >= 0.3 is 6.03 Å². The Morgan fingerprint density at radius 2 is 1.76 bits per heavy atom. The zero-order chi connectivity index (χ0) is 20.4. The van der Waals surface area contributed by atoms with Crippen LogP contribution in [-0.2, 0) is 20.9 Å². The van der Waals surface area contributed by atoms with E-state index >= 15 is 0 Å². The number of carbonyl (C=O) groups excluding carboxylic acids is 4. The first-order valence-electron chi connectivity index (χ1n) is 10.2. The fraction of sp³-hybridized carbons (Fsp3) is 0.524. The summed E-state index contributed by atoms with van der Waals surface area (Å²) in [6.45, 7) is 2.41. The Kier molecular flexibility index (Phi) is 5.25. The summed E-state index contributed by atoms with van der Waals surface area (Å²) >= 11 is 0. The van der Waals surface area contributed by atoms with Crippen LogP contribution in [0.25, 0.3) is 0 Å². The minimum atomic E-state index is -0.894. The van der Waals surface area contributed by atoms with Gasteiger partial charge in [0.15, 0.2) is 0 Å². The first-order chi connectivity index (χ1) is 14.0. The molecule has 8 heteroatoms. The fourth-order valence-corrected chi connectivity index (χ4v) is 4.54. The van der Waals surface area contributed by atoms with Crippen molar-refractivity contribution < 1.29 is 19.2 Å². The number of imide groups is 1. The maximum Gasteiger partial charge on any atom is 0.325 e. The summed E-state index contributed by atoms with van der Waals surface area (Å²) in [4.78, 5) is 54.5. The second-order valence-corrected chi connectivity index (χ2v) is 7.98. The lowest BCUT2D eigenvalue weighted by Gasteiger charge is -2.42. The minimum Gasteiger partial charge on any atom is -0.342 e. The second kappa shape index (κ2) is 7.85. The number of amides is 5. The second-order valence-electron chi connectivity index (χ2n) is 7.98. The molecule has 0 aromatic heterocycles. The number of rotatable bonds is 5. The third-order valence-electron chi connectivity index (χ3n) is 6.30. The van der Waals surface area contributed by atoms with Gasteiger partial charge in [-0.05, 0) is 24.8 Å². The van der Waals surface area contributed by atoms with E-state index in [0.29, 0.717) is 51.9 Å². The minimum absolute atomic E-state index is 0.00103. The van der Waals surface area contributed by atoms with Gasteiger partial charge in [-0.1, -0.05) is 30.3 Å². The molecule has 0 unspecified atom stereocenters. The van der Waals surface area contributed by atoms with Crippen LogP contribution in [0.3, 0.4) is 0 Å². The van der Waals surface area contributed by atoms with Crippen molar-refractivity contribution in [1.29, 1.82) is 0 Å². The average Bonchev–Trinajstić information content (AvgIpc) is 3.24. The highest BCUT2D eigenvalue weighted by Gasteiger charge is 2.54. The molecule has 1 spiro atoms. The van der Waals surface area contributed by atoms with Crippen molar-refractivity contribution >= 4 is 23.8 Å². The van der Waals surface area contributed by atoms with Crippen LogP contribution in [0.4, 0.5) is 4.79 Å². The van der Waals surface area contributed by atoms with E-state index in [2.05, 4.69) is 5.32 Å². The van der Waals surface area contributed by atoms with E-state index in [9.17, 15) is 19.2 Å². The first kappa shape index (κ1) is 19.4. The summed E-state index contributed by atoms with van der Waals surface area (Å²) in [5.74, 6) is -0.153. The third-order valence-corrected chi connectivity index (χ3v) is 6.30. The Morgan fingerprint density at radius 1 is 1.03 bits per heavy atom. The molecule has 1 N–H and O–H groups in total. The normalized spacial score (nSPS) is 21.2. The zero-order valence-corrected chi connectivity index (χ0v) is 16.4. The molecule has 0 atom stereocenters. The van der Waals surface area contributed by atoms with Crippen molar-refractivity contribution in [2.24, 2.45) is 0 Å². The molecule has 29 heavy (non-hydrogen) atoms. The van der Waals surface area contributed by atoms with E-state index < -0.39 is 5.54 Å². The Bertz CT molecular complexity index is 817. The number of hydrogen-bond acceptors (Lipinski definition) is 4. The highest BCUT2D eigenvalue weighted by Crippen LogP contribution is 2.34. The lowest BCUT2D eigenvalue weighted by atomic mass is 9.85. The van der Waals surface area contributed by atoms with Gasteiger partial charge in [0.25, 0.3) is 5.91 Å². The lowest BCUT2D eigenvalue weighted by molar-refractivity contribution is -0.139. The zero-order valence-electron chi connectivity index (χ0n) is 16.4. The molecule has 3 aliphatic rings. The SMILES string of the molecule is O=C1CCCN1CCC(=O)N1CCC2(CC1)C(=O)NC(=O)N2Cc1ccccc1. The summed E-state index contributed by atoms with van der Waals surface area (Å²) in [5, 5.41) is 2.46. The Hall–Kier alpha value is -2.90. The van der Waals surface area contributed by atoms with Crippen molar-refractivity contribution in [3.63, 3.8) is 0 Å². The monoisotopic (exact) mass is 398 g/mol. The molecular formula is C21H26N4O4. The van der Waals surface area contributed by atoms with Gasteiger partial charge in [-0.3, -0.25) is 19.7 Å². The van der Waals surface area contributed by atoms with E-state index in [1.807, 2.05) is 30.3 Å². The van der Waals surface area contributed by atoms with Crippen LogP contribution in [-0.4, -0.2) is 70.2 Å². The van der Waals surface area contributed by atoms with E-state index in [-0.39, 0.29) is 23.8 Å². The molecular weight excluding hydrogens is 372 g/mol. The number of nitrogens with zero attached hydrogens (tertiary/aromatic N) is 3. The molecule has 0 aliphatic carbocycles. The van der Waals surface area contributed by atoms with E-state index in [4.69, 9.17) is 0 Å². The fourth-order valence-electron chi connectivity index (χ4n) is 4.54. The molecule has 3 saturated heterocycles. The van der Waals surface area contributed by atoms with Crippen LogP contribution in [0.5, 0.6) is 0 Å². The summed E-state index contributed by atoms with van der Waals surface area (Å²) < 4.78 is 0. The van der Waals surface area contributed by atoms with Gasteiger partial charge < -0.3 is 14.7 Å². The summed E-state index contributed by atoms with van der Waals surface area (Å²) in [7, 11) is 0. The first-order valence-corrected chi connectivity index (χ1v) is 10.2. The van der Waals surface area contributed by atoms with E-state index in [0.717, 1.165) is 18.5 Å². The Morgan fingerprint density at radius 3 is 2.41 bits per heavy atom. The summed E-state index contributed by atoms with van der Waals surface area (Å²) in [5.41, 5.74) is 0.0692. The number of urea groups is 1. The number of carbonyl (C=O) groups is 4. The van der Waals surface area contributed by atoms with Crippen LogP contribution in [0.2, 0.25) is 0 Å². The Balaban J connectivity index is 1.38. The lowest BCUT2D eigenvalue weighted by Crippen LogP contribution is -2.57. The van der Waals surface area contributed by atoms with Crippen molar-refractivity contribution in [1.82, 2.24) is 20.0 Å². The van der Waals surface area contributed by atoms with E-state index in [1.165, 1.54) is 0 Å². The molecule has 0 radical (unpaired) electrons. The van der Waals surface area contributed by atoms with Crippen molar-refractivity contribution in [3.05, 3.63) is 35.9 Å². The summed E-state index contributed by atoms with van der Waals surface area (Å²) in [6.07, 6.45) is 2.58. The number of hydrogen-bond donors (Lipinski definition) is 1. The van der Waals surface area contributed by atoms with Gasteiger partial charge in [-0.25, -0.2) is 4.79 Å². The largest absolute Gasteiger partial charge is 0.342 e. The summed E-state index contributed by atoms with van der Waals surface area (Å²) in [6, 6.07) is 9.22. The molecule has 0 bridgehead atoms. The molecule has 1 aromatic carbocycles. The highest BCUT2D eigenvalue weighted by atomic mass is 16.2. The standard InChI is InChI=1S/C21H26N4O4/c26-17-7-4-11-23(17)12-8-18(27)24-13-9-21(10-14-24)19(28)22-20(29)25(21)15-16-5-2-1-3-6-16/h1-3,5-6H,4,7-15H2,(H,22,28,29). The van der Waals surface area contributed by atoms with Gasteiger partial charge in [0, 0.05) is 45.6 Å². The maximum absolute atomic E-state index is 12.7. The molecule has 154 valence electrons. The number of nitrogens with one attached hydrogen (secondary N) is 1. The highest BCUT2D eigenvalue weighted by molar-refractivity contribution is 6.07. The predicted molar refractivity (Wildman–Crippen MR) is 104 cm³/mol. The third kappa shape index (κ3) is 3.71. The van der Waals surface area contributed by atoms with Gasteiger partial charge in [0.05, 0.1) is 0 Å². The molecule has 1 aromatic rings. The quantitative estimate of drug-likeness (QED) is 0.753. The molecule has 4 rings (SSSR count). The van der Waals surface area contributed by atoms with Crippen molar-refractivity contribution in [2.75, 3.05) is 26.2 Å². The van der Waals surface area contributed by atoms with Gasteiger partial charge in [0.1, 0.15) is 5.54 Å². The molecule has 8 nitrogen and oxygen atoms in total. The van der Waals surface area contributed by atoms with Crippen LogP contribution in [0.1, 0.15) is 37.7 Å². The van der Waals surface area contributed by atoms with Crippen molar-refractivity contribution in [2.45, 2.75) is 44.2 Å². The van der Waals surface area contributed by atoms with Crippen LogP contribution in [0, 0.1) is 0 Å². The maximum atomic E-state index is 12.7. The molecule has 3 fully saturated rings. The topological polar surface area (TPSA) is 90.0 Å². The predicted octanol–water partition coefficient (Wildman–Crippen LogP) is 1.11. The average molecular weight is 398 g/mol. The molecule has 5 amide bonds. The van der Waals surface area contributed by atoms with Crippen LogP contribution in [0.15, 0.2) is 30.3 Å². The molecule has 3 heterocycles. The Labute approximate surface area is 169 Å². The van der Waals surface area contributed by atoms with Gasteiger partial charge in [0.2, 0.25) is 11.8 Å². The number of likely N-dealkylation sites (tertiary alicyclic amines) is 2. The van der Waals surface area contributed by atoms with Gasteiger partial charge in [-0.15, -0.1) is 0 Å². The van der Waals surface area contributed by atoms with Crippen molar-refractivity contribution in [3.8, 4) is 0 Å². The number of benzene rings is 1. The van der Waals surface area contributed by atoms with E-state index in [1.54, 1.807) is 14.7 Å². The van der Waals surface area contributed by atoms with Crippen LogP contribution < -0.4 is 5.32 Å². The van der Waals surface area contributed by atoms with Gasteiger partial charge in [-0.2, -0.15) is 0 Å². The number of piperidine rings is 1. The molecule has 0 saturated carbocycles. The molecule has 3 aliphatic heterocycles.